The quantitative estimate of drug-likeness (QED) is 0.391. The lowest BCUT2D eigenvalue weighted by Crippen LogP contribution is -2.15. The van der Waals surface area contributed by atoms with Crippen molar-refractivity contribution in [3.05, 3.63) is 11.3 Å². The molecule has 1 saturated heterocycles. The summed E-state index contributed by atoms with van der Waals surface area (Å²) in [6, 6.07) is 0. The monoisotopic (exact) mass is 267 g/mol. The lowest BCUT2D eigenvalue weighted by Gasteiger charge is -2.11. The van der Waals surface area contributed by atoms with Crippen LogP contribution in [0.2, 0.25) is 0 Å². The molecule has 1 heterocycles. The van der Waals surface area contributed by atoms with Crippen LogP contribution in [0.5, 0.6) is 0 Å². The first kappa shape index (κ1) is 16.1. The molecule has 0 radical (unpaired) electrons. The predicted octanol–water partition coefficient (Wildman–Crippen LogP) is 3.94. The van der Waals surface area contributed by atoms with Crippen LogP contribution in [0.15, 0.2) is 11.3 Å². The highest BCUT2D eigenvalue weighted by Gasteiger charge is 2.18. The van der Waals surface area contributed by atoms with Gasteiger partial charge in [0.15, 0.2) is 0 Å². The number of nitrogens with one attached hydrogen (secondary N) is 1. The van der Waals surface area contributed by atoms with Gasteiger partial charge in [-0.05, 0) is 32.6 Å². The molecule has 3 heteroatoms. The number of unbranched alkanes of at least 4 members (excludes halogenated alkanes) is 5. The second-order valence-electron chi connectivity index (χ2n) is 5.23. The highest BCUT2D eigenvalue weighted by atomic mass is 16.5. The standard InChI is InChI=1S/C16H29NO2/c1-3-5-6-7-8-9-11-14(16(18)19-4-2)15-12-10-13-17-15/h17H,3-13H2,1-2H3/b15-14-. The van der Waals surface area contributed by atoms with Crippen molar-refractivity contribution in [2.45, 2.75) is 71.6 Å². The molecule has 0 saturated carbocycles. The molecule has 0 aromatic rings. The zero-order valence-corrected chi connectivity index (χ0v) is 12.6. The van der Waals surface area contributed by atoms with Crippen LogP contribution < -0.4 is 5.32 Å². The molecule has 0 bridgehead atoms. The first-order chi connectivity index (χ1) is 9.29. The van der Waals surface area contributed by atoms with E-state index < -0.39 is 0 Å². The van der Waals surface area contributed by atoms with Gasteiger partial charge in [0.1, 0.15) is 0 Å². The molecule has 0 amide bonds. The average molecular weight is 267 g/mol. The van der Waals surface area contributed by atoms with E-state index in [2.05, 4.69) is 12.2 Å². The molecule has 1 aliphatic heterocycles. The fourth-order valence-electron chi connectivity index (χ4n) is 2.53. The van der Waals surface area contributed by atoms with E-state index in [4.69, 9.17) is 4.74 Å². The van der Waals surface area contributed by atoms with Crippen LogP contribution in [0.3, 0.4) is 0 Å². The minimum absolute atomic E-state index is 0.111. The molecule has 1 rings (SSSR count). The highest BCUT2D eigenvalue weighted by Crippen LogP contribution is 2.21. The Morgan fingerprint density at radius 3 is 2.53 bits per heavy atom. The molecule has 0 unspecified atom stereocenters. The van der Waals surface area contributed by atoms with Gasteiger partial charge in [-0.3, -0.25) is 0 Å². The van der Waals surface area contributed by atoms with E-state index >= 15 is 0 Å². The maximum Gasteiger partial charge on any atom is 0.335 e. The number of rotatable bonds is 9. The van der Waals surface area contributed by atoms with E-state index in [1.807, 2.05) is 6.92 Å². The lowest BCUT2D eigenvalue weighted by molar-refractivity contribution is -0.138. The van der Waals surface area contributed by atoms with Gasteiger partial charge in [-0.15, -0.1) is 0 Å². The molecule has 0 atom stereocenters. The summed E-state index contributed by atoms with van der Waals surface area (Å²) < 4.78 is 5.18. The molecule has 3 nitrogen and oxygen atoms in total. The minimum atomic E-state index is -0.111. The zero-order valence-electron chi connectivity index (χ0n) is 12.6. The Morgan fingerprint density at radius 2 is 1.89 bits per heavy atom. The summed E-state index contributed by atoms with van der Waals surface area (Å²) in [5, 5.41) is 3.34. The van der Waals surface area contributed by atoms with Gasteiger partial charge < -0.3 is 10.1 Å². The lowest BCUT2D eigenvalue weighted by atomic mass is 10.0. The van der Waals surface area contributed by atoms with Crippen molar-refractivity contribution >= 4 is 5.97 Å². The van der Waals surface area contributed by atoms with E-state index in [1.165, 1.54) is 32.1 Å². The smallest absolute Gasteiger partial charge is 0.335 e. The Labute approximate surface area is 117 Å². The zero-order chi connectivity index (χ0) is 13.9. The number of hydrogen-bond acceptors (Lipinski definition) is 3. The molecule has 0 aliphatic carbocycles. The molecule has 110 valence electrons. The second kappa shape index (κ2) is 9.88. The third-order valence-corrected chi connectivity index (χ3v) is 3.61. The van der Waals surface area contributed by atoms with Crippen LogP contribution in [0.4, 0.5) is 0 Å². The Kier molecular flexibility index (Phi) is 8.35. The largest absolute Gasteiger partial charge is 0.463 e. The summed E-state index contributed by atoms with van der Waals surface area (Å²) in [6.45, 7) is 5.56. The number of ether oxygens (including phenoxy) is 1. The maximum absolute atomic E-state index is 12.0. The van der Waals surface area contributed by atoms with E-state index in [0.29, 0.717) is 6.61 Å². The number of carbonyl (C=O) groups is 1. The van der Waals surface area contributed by atoms with Crippen molar-refractivity contribution in [1.29, 1.82) is 0 Å². The minimum Gasteiger partial charge on any atom is -0.463 e. The normalized spacial score (nSPS) is 17.2. The van der Waals surface area contributed by atoms with Crippen molar-refractivity contribution in [1.82, 2.24) is 5.32 Å². The molecule has 1 N–H and O–H groups in total. The number of allylic oxidation sites excluding steroid dienone is 1. The SMILES string of the molecule is CCCCCCCC/C(C(=O)OCC)=C1\CCCN1. The number of carbonyl (C=O) groups excluding carboxylic acids is 1. The molecule has 0 aromatic heterocycles. The Balaban J connectivity index is 2.38. The van der Waals surface area contributed by atoms with Crippen molar-refractivity contribution in [3.63, 3.8) is 0 Å². The van der Waals surface area contributed by atoms with Crippen molar-refractivity contribution in [2.24, 2.45) is 0 Å². The number of esters is 1. The van der Waals surface area contributed by atoms with Gasteiger partial charge in [-0.1, -0.05) is 39.0 Å². The molecule has 1 fully saturated rings. The van der Waals surface area contributed by atoms with Gasteiger partial charge in [-0.25, -0.2) is 4.79 Å². The third kappa shape index (κ3) is 6.13. The maximum atomic E-state index is 12.0. The second-order valence-corrected chi connectivity index (χ2v) is 5.23. The van der Waals surface area contributed by atoms with Gasteiger partial charge in [0, 0.05) is 12.2 Å². The van der Waals surface area contributed by atoms with Crippen LogP contribution in [0, 0.1) is 0 Å². The average Bonchev–Trinajstić information content (AvgIpc) is 2.92. The summed E-state index contributed by atoms with van der Waals surface area (Å²) in [7, 11) is 0. The Hall–Kier alpha value is -0.990. The van der Waals surface area contributed by atoms with Crippen LogP contribution in [0.1, 0.15) is 71.6 Å². The van der Waals surface area contributed by atoms with Crippen LogP contribution in [0.25, 0.3) is 0 Å². The summed E-state index contributed by atoms with van der Waals surface area (Å²) in [5.41, 5.74) is 2.03. The molecular weight excluding hydrogens is 238 g/mol. The van der Waals surface area contributed by atoms with Gasteiger partial charge in [0.05, 0.1) is 12.2 Å². The van der Waals surface area contributed by atoms with Crippen LogP contribution in [-0.4, -0.2) is 19.1 Å². The van der Waals surface area contributed by atoms with Gasteiger partial charge in [0.25, 0.3) is 0 Å². The first-order valence-corrected chi connectivity index (χ1v) is 7.92. The molecule has 1 aliphatic rings. The van der Waals surface area contributed by atoms with Gasteiger partial charge in [0.2, 0.25) is 0 Å². The van der Waals surface area contributed by atoms with Gasteiger partial charge >= 0.3 is 5.97 Å². The topological polar surface area (TPSA) is 38.3 Å². The van der Waals surface area contributed by atoms with E-state index in [-0.39, 0.29) is 5.97 Å². The molecule has 0 spiro atoms. The van der Waals surface area contributed by atoms with Crippen LogP contribution >= 0.6 is 0 Å². The van der Waals surface area contributed by atoms with Crippen molar-refractivity contribution in [3.8, 4) is 0 Å². The summed E-state index contributed by atoms with van der Waals surface area (Å²) in [4.78, 5) is 12.0. The summed E-state index contributed by atoms with van der Waals surface area (Å²) >= 11 is 0. The van der Waals surface area contributed by atoms with E-state index in [0.717, 1.165) is 43.5 Å². The van der Waals surface area contributed by atoms with E-state index in [1.54, 1.807) is 0 Å². The highest BCUT2D eigenvalue weighted by molar-refractivity contribution is 5.89. The fourth-order valence-corrected chi connectivity index (χ4v) is 2.53. The fraction of sp³-hybridized carbons (Fsp3) is 0.812. The first-order valence-electron chi connectivity index (χ1n) is 7.92. The van der Waals surface area contributed by atoms with Crippen molar-refractivity contribution < 1.29 is 9.53 Å². The molecule has 19 heavy (non-hydrogen) atoms. The van der Waals surface area contributed by atoms with Gasteiger partial charge in [-0.2, -0.15) is 0 Å². The van der Waals surface area contributed by atoms with E-state index in [9.17, 15) is 4.79 Å². The Bertz CT molecular complexity index is 289. The number of hydrogen-bond donors (Lipinski definition) is 1. The Morgan fingerprint density at radius 1 is 1.16 bits per heavy atom. The van der Waals surface area contributed by atoms with Crippen molar-refractivity contribution in [2.75, 3.05) is 13.2 Å². The van der Waals surface area contributed by atoms with Crippen LogP contribution in [-0.2, 0) is 9.53 Å². The molecule has 0 aromatic carbocycles. The summed E-state index contributed by atoms with van der Waals surface area (Å²) in [5.74, 6) is -0.111. The third-order valence-electron chi connectivity index (χ3n) is 3.61. The predicted molar refractivity (Wildman–Crippen MR) is 78.9 cm³/mol. The molecular formula is C16H29NO2. The summed E-state index contributed by atoms with van der Waals surface area (Å²) in [6.07, 6.45) is 10.5.